The molecule has 0 amide bonds. The van der Waals surface area contributed by atoms with Gasteiger partial charge >= 0.3 is 6.01 Å². The Morgan fingerprint density at radius 3 is 2.41 bits per heavy atom. The van der Waals surface area contributed by atoms with Crippen LogP contribution in [0, 0.1) is 12.7 Å². The summed E-state index contributed by atoms with van der Waals surface area (Å²) in [7, 11) is -2.52. The van der Waals surface area contributed by atoms with Crippen LogP contribution in [0.5, 0.6) is 17.5 Å². The number of hydrogen-bond acceptors (Lipinski definition) is 6. The Kier molecular flexibility index (Phi) is 5.22. The standard InChI is InChI=1S/C18H16FN3O4S/c1-12-7-8-16(25-2)17(9-12)27(23,24)22-13-10-20-18(21-11-13)26-15-6-4-3-5-14(15)19/h3-11,22H,1-2H3. The molecule has 0 atom stereocenters. The zero-order valence-corrected chi connectivity index (χ0v) is 15.3. The van der Waals surface area contributed by atoms with E-state index in [0.29, 0.717) is 0 Å². The summed E-state index contributed by atoms with van der Waals surface area (Å²) < 4.78 is 51.6. The number of para-hydroxylation sites is 1. The molecular weight excluding hydrogens is 373 g/mol. The summed E-state index contributed by atoms with van der Waals surface area (Å²) in [6.45, 7) is 1.77. The summed E-state index contributed by atoms with van der Waals surface area (Å²) in [5.41, 5.74) is 0.889. The number of halogens is 1. The third-order valence-electron chi connectivity index (χ3n) is 3.53. The minimum Gasteiger partial charge on any atom is -0.495 e. The number of ether oxygens (including phenoxy) is 2. The maximum absolute atomic E-state index is 13.6. The molecular formula is C18H16FN3O4S. The van der Waals surface area contributed by atoms with Crippen molar-refractivity contribution in [3.05, 3.63) is 66.2 Å². The molecule has 27 heavy (non-hydrogen) atoms. The summed E-state index contributed by atoms with van der Waals surface area (Å²) in [4.78, 5) is 7.79. The van der Waals surface area contributed by atoms with E-state index in [0.717, 1.165) is 5.56 Å². The molecule has 140 valence electrons. The van der Waals surface area contributed by atoms with Crippen molar-refractivity contribution < 1.29 is 22.3 Å². The van der Waals surface area contributed by atoms with Gasteiger partial charge in [0.2, 0.25) is 0 Å². The molecule has 0 aliphatic carbocycles. The quantitative estimate of drug-likeness (QED) is 0.694. The SMILES string of the molecule is COc1ccc(C)cc1S(=O)(=O)Nc1cnc(Oc2ccccc2F)nc1. The van der Waals surface area contributed by atoms with Crippen LogP contribution in [0.2, 0.25) is 0 Å². The molecule has 0 aliphatic heterocycles. The van der Waals surface area contributed by atoms with Crippen LogP contribution >= 0.6 is 0 Å². The number of nitrogens with zero attached hydrogens (tertiary/aromatic N) is 2. The highest BCUT2D eigenvalue weighted by atomic mass is 32.2. The van der Waals surface area contributed by atoms with Crippen LogP contribution < -0.4 is 14.2 Å². The lowest BCUT2D eigenvalue weighted by Crippen LogP contribution is -2.14. The summed E-state index contributed by atoms with van der Waals surface area (Å²) in [6.07, 6.45) is 2.45. The number of methoxy groups -OCH3 is 1. The molecule has 0 spiro atoms. The van der Waals surface area contributed by atoms with Crippen LogP contribution in [0.25, 0.3) is 0 Å². The lowest BCUT2D eigenvalue weighted by molar-refractivity contribution is 0.402. The highest BCUT2D eigenvalue weighted by molar-refractivity contribution is 7.92. The topological polar surface area (TPSA) is 90.4 Å². The molecule has 1 heterocycles. The van der Waals surface area contributed by atoms with E-state index >= 15 is 0 Å². The predicted octanol–water partition coefficient (Wildman–Crippen LogP) is 3.53. The molecule has 7 nitrogen and oxygen atoms in total. The molecule has 0 unspecified atom stereocenters. The molecule has 2 aromatic carbocycles. The maximum Gasteiger partial charge on any atom is 0.322 e. The zero-order chi connectivity index (χ0) is 19.4. The average molecular weight is 389 g/mol. The monoisotopic (exact) mass is 389 g/mol. The zero-order valence-electron chi connectivity index (χ0n) is 14.5. The Morgan fingerprint density at radius 2 is 1.74 bits per heavy atom. The molecule has 0 aliphatic rings. The molecule has 9 heteroatoms. The average Bonchev–Trinajstić information content (AvgIpc) is 2.65. The number of anilines is 1. The van der Waals surface area contributed by atoms with E-state index < -0.39 is 15.8 Å². The fourth-order valence-corrected chi connectivity index (χ4v) is 3.53. The fraction of sp³-hybridized carbons (Fsp3) is 0.111. The van der Waals surface area contributed by atoms with Gasteiger partial charge < -0.3 is 9.47 Å². The third kappa shape index (κ3) is 4.32. The Labute approximate surface area is 155 Å². The molecule has 0 fully saturated rings. The second-order valence-corrected chi connectivity index (χ2v) is 7.20. The van der Waals surface area contributed by atoms with E-state index in [-0.39, 0.29) is 28.1 Å². The summed E-state index contributed by atoms with van der Waals surface area (Å²) in [5.74, 6) is -0.374. The van der Waals surface area contributed by atoms with E-state index in [1.54, 1.807) is 25.1 Å². The van der Waals surface area contributed by atoms with Gasteiger partial charge in [0.25, 0.3) is 10.0 Å². The molecule has 3 rings (SSSR count). The number of sulfonamides is 1. The van der Waals surface area contributed by atoms with Crippen molar-refractivity contribution in [1.29, 1.82) is 0 Å². The van der Waals surface area contributed by atoms with Crippen LogP contribution in [0.15, 0.2) is 59.8 Å². The molecule has 0 saturated heterocycles. The minimum absolute atomic E-state index is 0.00307. The summed E-state index contributed by atoms with van der Waals surface area (Å²) >= 11 is 0. The summed E-state index contributed by atoms with van der Waals surface area (Å²) in [6, 6.07) is 10.5. The van der Waals surface area contributed by atoms with Crippen molar-refractivity contribution in [3.63, 3.8) is 0 Å². The van der Waals surface area contributed by atoms with Crippen LogP contribution in [0.1, 0.15) is 5.56 Å². The molecule has 1 aromatic heterocycles. The van der Waals surface area contributed by atoms with Crippen molar-refractivity contribution in [2.75, 3.05) is 11.8 Å². The first-order chi connectivity index (χ1) is 12.9. The van der Waals surface area contributed by atoms with Gasteiger partial charge in [-0.15, -0.1) is 0 Å². The lowest BCUT2D eigenvalue weighted by Gasteiger charge is -2.12. The Hall–Kier alpha value is -3.20. The van der Waals surface area contributed by atoms with E-state index in [1.165, 1.54) is 43.8 Å². The number of hydrogen-bond donors (Lipinski definition) is 1. The smallest absolute Gasteiger partial charge is 0.322 e. The summed E-state index contributed by atoms with van der Waals surface area (Å²) in [5, 5.41) is 0. The van der Waals surface area contributed by atoms with Gasteiger partial charge in [-0.3, -0.25) is 4.72 Å². The second-order valence-electron chi connectivity index (χ2n) is 5.55. The maximum atomic E-state index is 13.6. The van der Waals surface area contributed by atoms with Crippen molar-refractivity contribution in [2.24, 2.45) is 0 Å². The van der Waals surface area contributed by atoms with Crippen molar-refractivity contribution in [1.82, 2.24) is 9.97 Å². The fourth-order valence-electron chi connectivity index (χ4n) is 2.25. The minimum atomic E-state index is -3.91. The molecule has 3 aromatic rings. The van der Waals surface area contributed by atoms with E-state index in [2.05, 4.69) is 14.7 Å². The first-order valence-corrected chi connectivity index (χ1v) is 9.29. The van der Waals surface area contributed by atoms with Gasteiger partial charge in [0.15, 0.2) is 11.6 Å². The highest BCUT2D eigenvalue weighted by Crippen LogP contribution is 2.27. The van der Waals surface area contributed by atoms with Crippen molar-refractivity contribution >= 4 is 15.7 Å². The number of aromatic nitrogens is 2. The Balaban J connectivity index is 1.80. The first-order valence-electron chi connectivity index (χ1n) is 7.81. The van der Waals surface area contributed by atoms with Gasteiger partial charge in [-0.25, -0.2) is 22.8 Å². The normalized spacial score (nSPS) is 11.1. The van der Waals surface area contributed by atoms with Crippen LogP contribution in [-0.4, -0.2) is 25.5 Å². The molecule has 0 radical (unpaired) electrons. The third-order valence-corrected chi connectivity index (χ3v) is 4.93. The van der Waals surface area contributed by atoms with Gasteiger partial charge in [-0.1, -0.05) is 18.2 Å². The van der Waals surface area contributed by atoms with Gasteiger partial charge in [0, 0.05) is 0 Å². The van der Waals surface area contributed by atoms with Crippen molar-refractivity contribution in [2.45, 2.75) is 11.8 Å². The van der Waals surface area contributed by atoms with Gasteiger partial charge in [0.05, 0.1) is 25.2 Å². The largest absolute Gasteiger partial charge is 0.495 e. The second kappa shape index (κ2) is 7.58. The predicted molar refractivity (Wildman–Crippen MR) is 97.0 cm³/mol. The van der Waals surface area contributed by atoms with Gasteiger partial charge in [-0.05, 0) is 36.8 Å². The van der Waals surface area contributed by atoms with Crippen LogP contribution in [-0.2, 0) is 10.0 Å². The van der Waals surface area contributed by atoms with Crippen LogP contribution in [0.3, 0.4) is 0 Å². The van der Waals surface area contributed by atoms with Gasteiger partial charge in [0.1, 0.15) is 10.6 Å². The first kappa shape index (κ1) is 18.6. The van der Waals surface area contributed by atoms with Crippen molar-refractivity contribution in [3.8, 4) is 17.5 Å². The Morgan fingerprint density at radius 1 is 1.04 bits per heavy atom. The molecule has 0 bridgehead atoms. The number of aryl methyl sites for hydroxylation is 1. The van der Waals surface area contributed by atoms with Gasteiger partial charge in [-0.2, -0.15) is 0 Å². The highest BCUT2D eigenvalue weighted by Gasteiger charge is 2.20. The number of nitrogens with one attached hydrogen (secondary N) is 1. The Bertz CT molecular complexity index is 1060. The van der Waals surface area contributed by atoms with E-state index in [4.69, 9.17) is 9.47 Å². The molecule has 1 N–H and O–H groups in total. The van der Waals surface area contributed by atoms with E-state index in [1.807, 2.05) is 0 Å². The number of benzene rings is 2. The lowest BCUT2D eigenvalue weighted by atomic mass is 10.2. The van der Waals surface area contributed by atoms with E-state index in [9.17, 15) is 12.8 Å². The molecule has 0 saturated carbocycles. The number of rotatable bonds is 6. The van der Waals surface area contributed by atoms with Crippen LogP contribution in [0.4, 0.5) is 10.1 Å².